The molecule has 0 aromatic carbocycles. The second-order valence-corrected chi connectivity index (χ2v) is 3.98. The second kappa shape index (κ2) is 5.39. The van der Waals surface area contributed by atoms with Gasteiger partial charge < -0.3 is 9.63 Å². The van der Waals surface area contributed by atoms with Gasteiger partial charge in [0.25, 0.3) is 0 Å². The lowest BCUT2D eigenvalue weighted by atomic mass is 10.4. The van der Waals surface area contributed by atoms with Gasteiger partial charge in [0.2, 0.25) is 11.7 Å². The Labute approximate surface area is 100 Å². The fraction of sp³-hybridized carbons (Fsp3) is 0.222. The molecule has 0 aliphatic carbocycles. The van der Waals surface area contributed by atoms with Crippen molar-refractivity contribution < 1.29 is 14.4 Å². The number of rotatable bonds is 5. The van der Waals surface area contributed by atoms with Gasteiger partial charge in [0.1, 0.15) is 12.0 Å². The number of aliphatic carboxylic acids is 1. The van der Waals surface area contributed by atoms with Crippen molar-refractivity contribution in [2.24, 2.45) is 0 Å². The summed E-state index contributed by atoms with van der Waals surface area (Å²) in [5.74, 6) is 0.254. The summed E-state index contributed by atoms with van der Waals surface area (Å²) in [5.41, 5.74) is 0.568. The minimum atomic E-state index is -0.870. The van der Waals surface area contributed by atoms with Crippen LogP contribution in [-0.4, -0.2) is 36.9 Å². The van der Waals surface area contributed by atoms with Crippen LogP contribution in [0.5, 0.6) is 0 Å². The number of nitrogens with zero attached hydrogens (tertiary/aromatic N) is 4. The lowest BCUT2D eigenvalue weighted by molar-refractivity contribution is -0.133. The van der Waals surface area contributed by atoms with E-state index < -0.39 is 5.97 Å². The summed E-state index contributed by atoms with van der Waals surface area (Å²) >= 11 is 1.19. The molecule has 2 aromatic heterocycles. The summed E-state index contributed by atoms with van der Waals surface area (Å²) < 4.78 is 4.97. The first-order chi connectivity index (χ1) is 8.25. The Morgan fingerprint density at radius 3 is 3.12 bits per heavy atom. The Balaban J connectivity index is 1.99. The molecular formula is C9H8N4O3S. The van der Waals surface area contributed by atoms with Crippen LogP contribution in [0.3, 0.4) is 0 Å². The molecule has 0 spiro atoms. The third-order valence-electron chi connectivity index (χ3n) is 1.73. The van der Waals surface area contributed by atoms with Crippen LogP contribution in [0, 0.1) is 0 Å². The standard InChI is InChI=1S/C9H8N4O3S/c14-8(15)4-17-3-7-12-9(13-16-7)6-1-2-10-5-11-6/h1-2,5H,3-4H2,(H,14,15). The summed E-state index contributed by atoms with van der Waals surface area (Å²) in [4.78, 5) is 22.2. The monoisotopic (exact) mass is 252 g/mol. The lowest BCUT2D eigenvalue weighted by Crippen LogP contribution is -1.98. The van der Waals surface area contributed by atoms with Crippen LogP contribution in [-0.2, 0) is 10.5 Å². The van der Waals surface area contributed by atoms with Crippen LogP contribution in [0.1, 0.15) is 5.89 Å². The maximum atomic E-state index is 10.3. The van der Waals surface area contributed by atoms with E-state index in [-0.39, 0.29) is 5.75 Å². The zero-order chi connectivity index (χ0) is 12.1. The number of carboxylic acids is 1. The van der Waals surface area contributed by atoms with Gasteiger partial charge in [0.15, 0.2) is 0 Å². The van der Waals surface area contributed by atoms with Crippen LogP contribution in [0.4, 0.5) is 0 Å². The fourth-order valence-electron chi connectivity index (χ4n) is 1.07. The zero-order valence-electron chi connectivity index (χ0n) is 8.61. The van der Waals surface area contributed by atoms with E-state index in [0.717, 1.165) is 0 Å². The normalized spacial score (nSPS) is 10.4. The van der Waals surface area contributed by atoms with Gasteiger partial charge in [-0.05, 0) is 6.07 Å². The number of carboxylic acid groups (broad SMARTS) is 1. The maximum Gasteiger partial charge on any atom is 0.313 e. The highest BCUT2D eigenvalue weighted by Gasteiger charge is 2.09. The lowest BCUT2D eigenvalue weighted by Gasteiger charge is -1.91. The third-order valence-corrected chi connectivity index (χ3v) is 2.63. The Morgan fingerprint density at radius 2 is 2.41 bits per heavy atom. The molecule has 7 nitrogen and oxygen atoms in total. The molecule has 0 saturated carbocycles. The summed E-state index contributed by atoms with van der Waals surface area (Å²) in [6.07, 6.45) is 2.97. The smallest absolute Gasteiger partial charge is 0.313 e. The van der Waals surface area contributed by atoms with Crippen LogP contribution in [0.25, 0.3) is 11.5 Å². The average Bonchev–Trinajstić information content (AvgIpc) is 2.78. The molecule has 0 amide bonds. The van der Waals surface area contributed by atoms with Gasteiger partial charge in [-0.3, -0.25) is 4.79 Å². The van der Waals surface area contributed by atoms with Crippen molar-refractivity contribution in [1.82, 2.24) is 20.1 Å². The van der Waals surface area contributed by atoms with E-state index in [1.165, 1.54) is 18.1 Å². The molecule has 0 unspecified atom stereocenters. The largest absolute Gasteiger partial charge is 0.481 e. The van der Waals surface area contributed by atoms with Crippen molar-refractivity contribution >= 4 is 17.7 Å². The topological polar surface area (TPSA) is 102 Å². The third kappa shape index (κ3) is 3.25. The molecule has 2 rings (SSSR count). The summed E-state index contributed by atoms with van der Waals surface area (Å²) in [7, 11) is 0. The van der Waals surface area contributed by atoms with E-state index in [0.29, 0.717) is 23.2 Å². The zero-order valence-corrected chi connectivity index (χ0v) is 9.42. The van der Waals surface area contributed by atoms with Gasteiger partial charge in [-0.1, -0.05) is 5.16 Å². The Hall–Kier alpha value is -1.96. The van der Waals surface area contributed by atoms with E-state index in [2.05, 4.69) is 20.1 Å². The van der Waals surface area contributed by atoms with E-state index in [4.69, 9.17) is 9.63 Å². The van der Waals surface area contributed by atoms with Crippen molar-refractivity contribution in [2.75, 3.05) is 5.75 Å². The molecule has 0 fully saturated rings. The number of thioether (sulfide) groups is 1. The summed E-state index contributed by atoms with van der Waals surface area (Å²) in [6, 6.07) is 1.67. The first-order valence-electron chi connectivity index (χ1n) is 4.64. The molecule has 2 heterocycles. The van der Waals surface area contributed by atoms with Gasteiger partial charge >= 0.3 is 5.97 Å². The molecular weight excluding hydrogens is 244 g/mol. The molecule has 0 radical (unpaired) electrons. The van der Waals surface area contributed by atoms with Crippen LogP contribution < -0.4 is 0 Å². The molecule has 0 aliphatic rings. The predicted molar refractivity (Wildman–Crippen MR) is 59.1 cm³/mol. The van der Waals surface area contributed by atoms with Crippen LogP contribution >= 0.6 is 11.8 Å². The van der Waals surface area contributed by atoms with Crippen molar-refractivity contribution in [3.63, 3.8) is 0 Å². The van der Waals surface area contributed by atoms with Crippen molar-refractivity contribution in [1.29, 1.82) is 0 Å². The summed E-state index contributed by atoms with van der Waals surface area (Å²) in [5, 5.41) is 12.2. The Morgan fingerprint density at radius 1 is 1.53 bits per heavy atom. The van der Waals surface area contributed by atoms with Gasteiger partial charge in [-0.2, -0.15) is 4.98 Å². The van der Waals surface area contributed by atoms with Crippen LogP contribution in [0.15, 0.2) is 23.1 Å². The molecule has 2 aromatic rings. The minimum Gasteiger partial charge on any atom is -0.481 e. The quantitative estimate of drug-likeness (QED) is 0.835. The van der Waals surface area contributed by atoms with Gasteiger partial charge in [-0.15, -0.1) is 11.8 Å². The molecule has 0 aliphatic heterocycles. The fourth-order valence-corrected chi connectivity index (χ4v) is 1.63. The second-order valence-electron chi connectivity index (χ2n) is 2.99. The maximum absolute atomic E-state index is 10.3. The minimum absolute atomic E-state index is 0.00518. The first-order valence-corrected chi connectivity index (χ1v) is 5.79. The van der Waals surface area contributed by atoms with Crippen LogP contribution in [0.2, 0.25) is 0 Å². The molecule has 1 N–H and O–H groups in total. The van der Waals surface area contributed by atoms with E-state index >= 15 is 0 Å². The molecule has 17 heavy (non-hydrogen) atoms. The SMILES string of the molecule is O=C(O)CSCc1nc(-c2ccncn2)no1. The summed E-state index contributed by atoms with van der Waals surface area (Å²) in [6.45, 7) is 0. The number of hydrogen-bond donors (Lipinski definition) is 1. The van der Waals surface area contributed by atoms with E-state index in [9.17, 15) is 4.79 Å². The molecule has 88 valence electrons. The van der Waals surface area contributed by atoms with Gasteiger partial charge in [-0.25, -0.2) is 9.97 Å². The van der Waals surface area contributed by atoms with E-state index in [1.54, 1.807) is 12.3 Å². The first kappa shape index (κ1) is 11.5. The number of hydrogen-bond acceptors (Lipinski definition) is 7. The highest BCUT2D eigenvalue weighted by molar-refractivity contribution is 7.99. The van der Waals surface area contributed by atoms with Gasteiger partial charge in [0.05, 0.1) is 11.5 Å². The van der Waals surface area contributed by atoms with Crippen molar-refractivity contribution in [2.45, 2.75) is 5.75 Å². The van der Waals surface area contributed by atoms with Crippen molar-refractivity contribution in [3.8, 4) is 11.5 Å². The highest BCUT2D eigenvalue weighted by atomic mass is 32.2. The average molecular weight is 252 g/mol. The Bertz CT molecular complexity index is 502. The van der Waals surface area contributed by atoms with Crippen molar-refractivity contribution in [3.05, 3.63) is 24.5 Å². The van der Waals surface area contributed by atoms with E-state index in [1.807, 2.05) is 0 Å². The molecule has 8 heteroatoms. The molecule has 0 bridgehead atoms. The number of aromatic nitrogens is 4. The predicted octanol–water partition coefficient (Wildman–Crippen LogP) is 0.844. The molecule has 0 atom stereocenters. The van der Waals surface area contributed by atoms with Gasteiger partial charge in [0, 0.05) is 6.20 Å². The number of carbonyl (C=O) groups is 1. The Kier molecular flexibility index (Phi) is 3.66. The highest BCUT2D eigenvalue weighted by Crippen LogP contribution is 2.15. The molecule has 0 saturated heterocycles.